The van der Waals surface area contributed by atoms with Gasteiger partial charge in [-0.15, -0.1) is 0 Å². The number of unbranched alkanes of at least 4 members (excludes halogenated alkanes) is 2. The minimum Gasteiger partial charge on any atom is -0.481 e. The number of carboxylic acids is 1. The van der Waals surface area contributed by atoms with E-state index in [4.69, 9.17) is 5.11 Å². The lowest BCUT2D eigenvalue weighted by Crippen LogP contribution is -2.20. The van der Waals surface area contributed by atoms with Crippen LogP contribution < -0.4 is 0 Å². The molecule has 1 aromatic carbocycles. The molecule has 1 aliphatic rings. The first-order valence-corrected chi connectivity index (χ1v) is 11.1. The van der Waals surface area contributed by atoms with Crippen molar-refractivity contribution >= 4 is 5.97 Å². The number of hydrogen-bond acceptors (Lipinski definition) is 4. The maximum atomic E-state index is 10.5. The highest BCUT2D eigenvalue weighted by Crippen LogP contribution is 2.36. The highest BCUT2D eigenvalue weighted by molar-refractivity contribution is 5.66. The lowest BCUT2D eigenvalue weighted by atomic mass is 9.89. The second-order valence-electron chi connectivity index (χ2n) is 8.29. The fourth-order valence-electron chi connectivity index (χ4n) is 4.13. The Kier molecular flexibility index (Phi) is 10.8. The van der Waals surface area contributed by atoms with Crippen molar-refractivity contribution in [1.29, 1.82) is 0 Å². The molecule has 166 valence electrons. The van der Waals surface area contributed by atoms with Crippen molar-refractivity contribution in [2.24, 2.45) is 11.8 Å². The standard InChI is InChI=1S/C25H36O5/c26-20(13-9-8-12-19-10-4-3-5-11-19)16-17-22-21(23(27)18-24(22)28)14-6-1-2-7-15-25(29)30/h1,3-6,10-11,16-17,20-24,26-28H,2,7-9,12-15,18H2,(H,29,30)/b6-1-,17-16+/t20-,21+,22?,23-,24+/m0/s1. The second-order valence-corrected chi connectivity index (χ2v) is 8.29. The van der Waals surface area contributed by atoms with E-state index in [1.54, 1.807) is 6.08 Å². The van der Waals surface area contributed by atoms with E-state index in [0.29, 0.717) is 32.1 Å². The van der Waals surface area contributed by atoms with E-state index in [0.717, 1.165) is 19.3 Å². The number of rotatable bonds is 13. The summed E-state index contributed by atoms with van der Waals surface area (Å²) in [5.74, 6) is -1.05. The van der Waals surface area contributed by atoms with Crippen LogP contribution in [0.2, 0.25) is 0 Å². The zero-order chi connectivity index (χ0) is 21.8. The van der Waals surface area contributed by atoms with Crippen molar-refractivity contribution < 1.29 is 25.2 Å². The topological polar surface area (TPSA) is 98.0 Å². The minimum atomic E-state index is -0.790. The molecule has 0 bridgehead atoms. The normalized spacial score (nSPS) is 25.3. The Morgan fingerprint density at radius 1 is 1.07 bits per heavy atom. The smallest absolute Gasteiger partial charge is 0.303 e. The summed E-state index contributed by atoms with van der Waals surface area (Å²) in [6, 6.07) is 10.3. The van der Waals surface area contributed by atoms with Gasteiger partial charge in [0.15, 0.2) is 0 Å². The number of hydrogen-bond donors (Lipinski definition) is 4. The van der Waals surface area contributed by atoms with Crippen LogP contribution in [-0.4, -0.2) is 44.7 Å². The molecule has 1 aromatic rings. The van der Waals surface area contributed by atoms with Crippen LogP contribution in [0.3, 0.4) is 0 Å². The van der Waals surface area contributed by atoms with Crippen LogP contribution in [0.5, 0.6) is 0 Å². The summed E-state index contributed by atoms with van der Waals surface area (Å²) in [7, 11) is 0. The van der Waals surface area contributed by atoms with Gasteiger partial charge in [-0.1, -0.05) is 61.1 Å². The average molecular weight is 417 g/mol. The van der Waals surface area contributed by atoms with Crippen LogP contribution in [0.25, 0.3) is 0 Å². The second kappa shape index (κ2) is 13.4. The number of carbonyl (C=O) groups is 1. The number of benzene rings is 1. The van der Waals surface area contributed by atoms with Gasteiger partial charge in [0.1, 0.15) is 0 Å². The van der Waals surface area contributed by atoms with E-state index in [1.807, 2.05) is 36.4 Å². The summed E-state index contributed by atoms with van der Waals surface area (Å²) in [5, 5.41) is 39.5. The molecule has 0 aliphatic heterocycles. The molecule has 5 nitrogen and oxygen atoms in total. The number of allylic oxidation sites excluding steroid dienone is 2. The predicted octanol–water partition coefficient (Wildman–Crippen LogP) is 3.88. The molecule has 1 fully saturated rings. The van der Waals surface area contributed by atoms with E-state index < -0.39 is 24.3 Å². The van der Waals surface area contributed by atoms with Crippen molar-refractivity contribution in [2.75, 3.05) is 0 Å². The van der Waals surface area contributed by atoms with Crippen molar-refractivity contribution in [3.05, 3.63) is 60.2 Å². The summed E-state index contributed by atoms with van der Waals surface area (Å²) in [6.07, 6.45) is 11.9. The van der Waals surface area contributed by atoms with E-state index in [9.17, 15) is 20.1 Å². The third-order valence-electron chi connectivity index (χ3n) is 5.87. The first kappa shape index (κ1) is 24.3. The molecule has 1 unspecified atom stereocenters. The molecule has 0 heterocycles. The number of aliphatic hydroxyl groups is 3. The zero-order valence-corrected chi connectivity index (χ0v) is 17.6. The van der Waals surface area contributed by atoms with E-state index in [2.05, 4.69) is 12.1 Å². The Labute approximate surface area is 179 Å². The Hall–Kier alpha value is -1.95. The average Bonchev–Trinajstić information content (AvgIpc) is 2.99. The van der Waals surface area contributed by atoms with Crippen LogP contribution in [0.15, 0.2) is 54.6 Å². The molecule has 0 spiro atoms. The van der Waals surface area contributed by atoms with E-state index >= 15 is 0 Å². The zero-order valence-electron chi connectivity index (χ0n) is 17.6. The summed E-state index contributed by atoms with van der Waals surface area (Å²) in [5.41, 5.74) is 1.31. The first-order valence-electron chi connectivity index (χ1n) is 11.1. The molecule has 0 amide bonds. The molecule has 1 aliphatic carbocycles. The summed E-state index contributed by atoms with van der Waals surface area (Å²) >= 11 is 0. The third kappa shape index (κ3) is 8.82. The van der Waals surface area contributed by atoms with Crippen LogP contribution >= 0.6 is 0 Å². The molecule has 0 aromatic heterocycles. The lowest BCUT2D eigenvalue weighted by molar-refractivity contribution is -0.137. The third-order valence-corrected chi connectivity index (χ3v) is 5.87. The Morgan fingerprint density at radius 3 is 2.57 bits per heavy atom. The largest absolute Gasteiger partial charge is 0.481 e. The fourth-order valence-corrected chi connectivity index (χ4v) is 4.13. The number of aliphatic carboxylic acids is 1. The predicted molar refractivity (Wildman–Crippen MR) is 118 cm³/mol. The molecule has 1 saturated carbocycles. The molecule has 2 rings (SSSR count). The van der Waals surface area contributed by atoms with Crippen LogP contribution in [0.1, 0.15) is 56.9 Å². The molecule has 0 saturated heterocycles. The Bertz CT molecular complexity index is 669. The minimum absolute atomic E-state index is 0.0859. The fraction of sp³-hybridized carbons (Fsp3) is 0.560. The SMILES string of the molecule is O=C(O)CCC/C=C\C[C@@H]1C(/C=C/[C@@H](O)CCCCc2ccccc2)[C@H](O)C[C@@H]1O. The van der Waals surface area contributed by atoms with Crippen molar-refractivity contribution in [3.8, 4) is 0 Å². The highest BCUT2D eigenvalue weighted by Gasteiger charge is 2.39. The van der Waals surface area contributed by atoms with Gasteiger partial charge in [-0.3, -0.25) is 4.79 Å². The van der Waals surface area contributed by atoms with E-state index in [1.165, 1.54) is 5.56 Å². The Balaban J connectivity index is 1.73. The molecule has 5 atom stereocenters. The number of aryl methyl sites for hydroxylation is 1. The van der Waals surface area contributed by atoms with Crippen molar-refractivity contribution in [3.63, 3.8) is 0 Å². The van der Waals surface area contributed by atoms with Gasteiger partial charge >= 0.3 is 5.97 Å². The van der Waals surface area contributed by atoms with Gasteiger partial charge < -0.3 is 20.4 Å². The molecule has 30 heavy (non-hydrogen) atoms. The van der Waals surface area contributed by atoms with Gasteiger partial charge in [0, 0.05) is 18.8 Å². The van der Waals surface area contributed by atoms with Gasteiger partial charge in [0.2, 0.25) is 0 Å². The number of carboxylic acid groups (broad SMARTS) is 1. The summed E-state index contributed by atoms with van der Waals surface area (Å²) in [6.45, 7) is 0. The van der Waals surface area contributed by atoms with Crippen molar-refractivity contribution in [2.45, 2.75) is 76.1 Å². The lowest BCUT2D eigenvalue weighted by Gasteiger charge is -2.19. The first-order chi connectivity index (χ1) is 14.5. The molecular formula is C25H36O5. The van der Waals surface area contributed by atoms with E-state index in [-0.39, 0.29) is 18.3 Å². The monoisotopic (exact) mass is 416 g/mol. The maximum Gasteiger partial charge on any atom is 0.303 e. The number of aliphatic hydroxyl groups excluding tert-OH is 3. The van der Waals surface area contributed by atoms with Gasteiger partial charge in [-0.05, 0) is 50.0 Å². The summed E-state index contributed by atoms with van der Waals surface area (Å²) in [4.78, 5) is 10.5. The van der Waals surface area contributed by atoms with Crippen molar-refractivity contribution in [1.82, 2.24) is 0 Å². The highest BCUT2D eigenvalue weighted by atomic mass is 16.4. The molecule has 4 N–H and O–H groups in total. The van der Waals surface area contributed by atoms with Crippen LogP contribution in [-0.2, 0) is 11.2 Å². The van der Waals surface area contributed by atoms with Crippen LogP contribution in [0.4, 0.5) is 0 Å². The Morgan fingerprint density at radius 2 is 1.83 bits per heavy atom. The van der Waals surface area contributed by atoms with Crippen LogP contribution in [0, 0.1) is 11.8 Å². The van der Waals surface area contributed by atoms with Gasteiger partial charge in [-0.2, -0.15) is 0 Å². The molecular weight excluding hydrogens is 380 g/mol. The van der Waals surface area contributed by atoms with Gasteiger partial charge in [0.05, 0.1) is 18.3 Å². The maximum absolute atomic E-state index is 10.5. The van der Waals surface area contributed by atoms with Gasteiger partial charge in [0.25, 0.3) is 0 Å². The van der Waals surface area contributed by atoms with Gasteiger partial charge in [-0.25, -0.2) is 0 Å². The quantitative estimate of drug-likeness (QED) is 0.289. The molecule has 0 radical (unpaired) electrons. The summed E-state index contributed by atoms with van der Waals surface area (Å²) < 4.78 is 0. The molecule has 5 heteroatoms.